The van der Waals surface area contributed by atoms with Crippen molar-refractivity contribution in [3.05, 3.63) is 0 Å². The topological polar surface area (TPSA) is 23.5 Å². The zero-order valence-corrected chi connectivity index (χ0v) is 7.00. The van der Waals surface area contributed by atoms with Crippen LogP contribution >= 0.6 is 0 Å². The lowest BCUT2D eigenvalue weighted by Gasteiger charge is -2.37. The molecule has 2 rings (SSSR count). The van der Waals surface area contributed by atoms with E-state index in [1.807, 2.05) is 0 Å². The molecule has 2 aliphatic rings. The molecule has 1 saturated heterocycles. The van der Waals surface area contributed by atoms with E-state index in [4.69, 9.17) is 5.11 Å². The van der Waals surface area contributed by atoms with Crippen LogP contribution in [0.3, 0.4) is 0 Å². The van der Waals surface area contributed by atoms with Crippen molar-refractivity contribution in [3.8, 4) is 0 Å². The zero-order valence-electron chi connectivity index (χ0n) is 7.00. The summed E-state index contributed by atoms with van der Waals surface area (Å²) >= 11 is 0. The number of hydrogen-bond donors (Lipinski definition) is 1. The van der Waals surface area contributed by atoms with Crippen molar-refractivity contribution >= 4 is 0 Å². The van der Waals surface area contributed by atoms with Gasteiger partial charge in [0.15, 0.2) is 0 Å². The fourth-order valence-corrected chi connectivity index (χ4v) is 1.87. The Labute approximate surface area is 68.2 Å². The molecule has 2 fully saturated rings. The first-order valence-corrected chi connectivity index (χ1v) is 4.75. The van der Waals surface area contributed by atoms with Gasteiger partial charge in [0.2, 0.25) is 0 Å². The maximum absolute atomic E-state index is 9.01. The van der Waals surface area contributed by atoms with Crippen LogP contribution < -0.4 is 0 Å². The predicted molar refractivity (Wildman–Crippen MR) is 44.4 cm³/mol. The van der Waals surface area contributed by atoms with Gasteiger partial charge in [-0.2, -0.15) is 0 Å². The molecule has 1 aliphatic heterocycles. The van der Waals surface area contributed by atoms with E-state index in [1.54, 1.807) is 0 Å². The fraction of sp³-hybridized carbons (Fsp3) is 1.00. The summed E-state index contributed by atoms with van der Waals surface area (Å²) in [6, 6.07) is 0. The number of rotatable bonds is 3. The van der Waals surface area contributed by atoms with Crippen LogP contribution in [0.15, 0.2) is 0 Å². The molecular weight excluding hydrogens is 138 g/mol. The van der Waals surface area contributed by atoms with Crippen LogP contribution in [0.25, 0.3) is 0 Å². The summed E-state index contributed by atoms with van der Waals surface area (Å²) in [7, 11) is 0. The molecule has 1 N–H and O–H groups in total. The maximum Gasteiger partial charge on any atom is 0.0793 e. The summed E-state index contributed by atoms with van der Waals surface area (Å²) in [6.07, 6.45) is 5.71. The van der Waals surface area contributed by atoms with Crippen LogP contribution in [-0.4, -0.2) is 35.7 Å². The molecule has 0 radical (unpaired) electrons. The Balaban J connectivity index is 1.53. The Hall–Kier alpha value is -0.0800. The highest BCUT2D eigenvalue weighted by Gasteiger charge is 2.25. The van der Waals surface area contributed by atoms with E-state index < -0.39 is 0 Å². The van der Waals surface area contributed by atoms with Crippen LogP contribution in [0, 0.1) is 5.92 Å². The van der Waals surface area contributed by atoms with Crippen molar-refractivity contribution in [1.29, 1.82) is 0 Å². The van der Waals surface area contributed by atoms with Crippen LogP contribution in [0.5, 0.6) is 0 Å². The largest absolute Gasteiger partial charge is 0.390 e. The molecule has 0 aromatic carbocycles. The number of aliphatic hydroxyl groups is 1. The van der Waals surface area contributed by atoms with E-state index in [0.29, 0.717) is 0 Å². The Morgan fingerprint density at radius 3 is 2.45 bits per heavy atom. The molecule has 2 heteroatoms. The summed E-state index contributed by atoms with van der Waals surface area (Å²) < 4.78 is 0. The second kappa shape index (κ2) is 3.11. The first-order chi connectivity index (χ1) is 5.34. The van der Waals surface area contributed by atoms with Gasteiger partial charge in [-0.3, -0.25) is 4.90 Å². The van der Waals surface area contributed by atoms with Gasteiger partial charge in [-0.25, -0.2) is 0 Å². The zero-order chi connectivity index (χ0) is 7.68. The summed E-state index contributed by atoms with van der Waals surface area (Å²) in [5.41, 5.74) is 0. The number of nitrogens with zero attached hydrogens (tertiary/aromatic N) is 1. The number of β-amino-alcohol motifs (C(OH)–C–C–N with tert-alkyl or cyclic N) is 1. The Morgan fingerprint density at radius 1 is 1.27 bits per heavy atom. The standard InChI is InChI=1S/C9H17NO/c11-9-6-10(7-9)5-4-8-2-1-3-8/h8-9,11H,1-7H2. The molecule has 0 amide bonds. The monoisotopic (exact) mass is 155 g/mol. The maximum atomic E-state index is 9.01. The van der Waals surface area contributed by atoms with Gasteiger partial charge in [-0.1, -0.05) is 19.3 Å². The van der Waals surface area contributed by atoms with Gasteiger partial charge in [-0.15, -0.1) is 0 Å². The summed E-state index contributed by atoms with van der Waals surface area (Å²) in [6.45, 7) is 3.07. The van der Waals surface area contributed by atoms with Gasteiger partial charge in [0.05, 0.1) is 6.10 Å². The lowest BCUT2D eigenvalue weighted by molar-refractivity contribution is -0.00256. The fourth-order valence-electron chi connectivity index (χ4n) is 1.87. The number of aliphatic hydroxyl groups excluding tert-OH is 1. The third kappa shape index (κ3) is 1.74. The first-order valence-electron chi connectivity index (χ1n) is 4.75. The van der Waals surface area contributed by atoms with E-state index in [2.05, 4.69) is 4.90 Å². The van der Waals surface area contributed by atoms with E-state index in [1.165, 1.54) is 32.2 Å². The van der Waals surface area contributed by atoms with Crippen molar-refractivity contribution < 1.29 is 5.11 Å². The molecule has 11 heavy (non-hydrogen) atoms. The quantitative estimate of drug-likeness (QED) is 0.653. The van der Waals surface area contributed by atoms with Crippen LogP contribution in [0.2, 0.25) is 0 Å². The molecule has 0 spiro atoms. The first kappa shape index (κ1) is 7.56. The highest BCUT2D eigenvalue weighted by atomic mass is 16.3. The molecule has 0 atom stereocenters. The number of likely N-dealkylation sites (tertiary alicyclic amines) is 1. The average molecular weight is 155 g/mol. The molecule has 0 aromatic rings. The van der Waals surface area contributed by atoms with E-state index in [0.717, 1.165) is 19.0 Å². The Kier molecular flexibility index (Phi) is 2.14. The minimum absolute atomic E-state index is 0.0172. The Bertz CT molecular complexity index is 128. The number of hydrogen-bond acceptors (Lipinski definition) is 2. The van der Waals surface area contributed by atoms with Gasteiger partial charge in [0.1, 0.15) is 0 Å². The SMILES string of the molecule is OC1CN(CCC2CCC2)C1. The van der Waals surface area contributed by atoms with Gasteiger partial charge >= 0.3 is 0 Å². The minimum Gasteiger partial charge on any atom is -0.390 e. The van der Waals surface area contributed by atoms with Crippen molar-refractivity contribution in [3.63, 3.8) is 0 Å². The summed E-state index contributed by atoms with van der Waals surface area (Å²) in [5.74, 6) is 1.02. The minimum atomic E-state index is -0.0172. The highest BCUT2D eigenvalue weighted by molar-refractivity contribution is 4.80. The molecule has 64 valence electrons. The molecule has 1 aliphatic carbocycles. The second-order valence-corrected chi connectivity index (χ2v) is 4.00. The average Bonchev–Trinajstić information content (AvgIpc) is 1.80. The molecule has 1 saturated carbocycles. The smallest absolute Gasteiger partial charge is 0.0793 e. The van der Waals surface area contributed by atoms with Crippen LogP contribution in [0.4, 0.5) is 0 Å². The normalized spacial score (nSPS) is 28.1. The molecular formula is C9H17NO. The molecule has 0 aromatic heterocycles. The van der Waals surface area contributed by atoms with Crippen molar-refractivity contribution in [1.82, 2.24) is 4.90 Å². The van der Waals surface area contributed by atoms with E-state index in [-0.39, 0.29) is 6.10 Å². The highest BCUT2D eigenvalue weighted by Crippen LogP contribution is 2.29. The Morgan fingerprint density at radius 2 is 2.00 bits per heavy atom. The lowest BCUT2D eigenvalue weighted by Crippen LogP contribution is -2.51. The molecule has 1 heterocycles. The third-order valence-corrected chi connectivity index (χ3v) is 3.02. The van der Waals surface area contributed by atoms with Crippen LogP contribution in [-0.2, 0) is 0 Å². The van der Waals surface area contributed by atoms with Gasteiger partial charge in [-0.05, 0) is 18.9 Å². The predicted octanol–water partition coefficient (Wildman–Crippen LogP) is 0.853. The summed E-state index contributed by atoms with van der Waals surface area (Å²) in [4.78, 5) is 2.35. The van der Waals surface area contributed by atoms with E-state index in [9.17, 15) is 0 Å². The molecule has 0 bridgehead atoms. The lowest BCUT2D eigenvalue weighted by atomic mass is 9.83. The van der Waals surface area contributed by atoms with Gasteiger partial charge in [0.25, 0.3) is 0 Å². The third-order valence-electron chi connectivity index (χ3n) is 3.02. The molecule has 2 nitrogen and oxygen atoms in total. The summed E-state index contributed by atoms with van der Waals surface area (Å²) in [5, 5.41) is 9.01. The van der Waals surface area contributed by atoms with Crippen molar-refractivity contribution in [2.24, 2.45) is 5.92 Å². The van der Waals surface area contributed by atoms with Crippen molar-refractivity contribution in [2.75, 3.05) is 19.6 Å². The molecule has 0 unspecified atom stereocenters. The van der Waals surface area contributed by atoms with E-state index >= 15 is 0 Å². The van der Waals surface area contributed by atoms with Gasteiger partial charge in [0, 0.05) is 13.1 Å². The second-order valence-electron chi connectivity index (χ2n) is 4.00. The van der Waals surface area contributed by atoms with Crippen molar-refractivity contribution in [2.45, 2.75) is 31.8 Å². The van der Waals surface area contributed by atoms with Crippen LogP contribution in [0.1, 0.15) is 25.7 Å². The van der Waals surface area contributed by atoms with Gasteiger partial charge < -0.3 is 5.11 Å².